The molecule has 0 amide bonds. The molecule has 31 heavy (non-hydrogen) atoms. The summed E-state index contributed by atoms with van der Waals surface area (Å²) in [5.74, 6) is 0. The van der Waals surface area contributed by atoms with Crippen LogP contribution in [0.15, 0.2) is 42.7 Å². The summed E-state index contributed by atoms with van der Waals surface area (Å²) in [6, 6.07) is 4.34. The lowest BCUT2D eigenvalue weighted by atomic mass is 9.95. The number of aromatic nitrogens is 4. The van der Waals surface area contributed by atoms with Crippen molar-refractivity contribution >= 4 is 32.8 Å². The van der Waals surface area contributed by atoms with Gasteiger partial charge in [-0.25, -0.2) is 9.78 Å². The number of allylic oxidation sites excluding steroid dienone is 2. The largest absolute Gasteiger partial charge is 0.332 e. The van der Waals surface area contributed by atoms with Gasteiger partial charge in [0, 0.05) is 19.3 Å². The lowest BCUT2D eigenvalue weighted by Gasteiger charge is -2.17. The van der Waals surface area contributed by atoms with Crippen LogP contribution in [0.1, 0.15) is 49.4 Å². The van der Waals surface area contributed by atoms with E-state index in [0.29, 0.717) is 22.4 Å². The second-order valence-electron chi connectivity index (χ2n) is 8.36. The monoisotopic (exact) mass is 481 g/mol. The molecule has 1 aromatic carbocycles. The molecule has 7 nitrogen and oxygen atoms in total. The Morgan fingerprint density at radius 2 is 1.87 bits per heavy atom. The molecule has 0 N–H and O–H groups in total. The topological polar surface area (TPSA) is 74.2 Å². The van der Waals surface area contributed by atoms with Crippen LogP contribution in [0.2, 0.25) is 0 Å². The number of aliphatic imine (C=N–C) groups is 1. The van der Waals surface area contributed by atoms with Crippen LogP contribution < -0.4 is 11.2 Å². The number of hydrogen-bond donors (Lipinski definition) is 0. The Morgan fingerprint density at radius 1 is 1.10 bits per heavy atom. The van der Waals surface area contributed by atoms with Gasteiger partial charge in [0.2, 0.25) is 0 Å². The fourth-order valence-corrected chi connectivity index (χ4v) is 5.18. The van der Waals surface area contributed by atoms with E-state index in [1.807, 2.05) is 13.8 Å². The van der Waals surface area contributed by atoms with Gasteiger partial charge in [-0.2, -0.15) is 0 Å². The molecule has 2 aromatic heterocycles. The average Bonchev–Trinajstić information content (AvgIpc) is 3.46. The summed E-state index contributed by atoms with van der Waals surface area (Å²) in [4.78, 5) is 35.7. The molecule has 0 atom stereocenters. The van der Waals surface area contributed by atoms with Gasteiger partial charge in [0.05, 0.1) is 12.2 Å². The van der Waals surface area contributed by atoms with Crippen LogP contribution in [0.4, 0.5) is 0 Å². The van der Waals surface area contributed by atoms with Crippen LogP contribution in [0, 0.1) is 0 Å². The first-order valence-electron chi connectivity index (χ1n) is 10.5. The van der Waals surface area contributed by atoms with Crippen LogP contribution in [-0.4, -0.2) is 24.4 Å². The van der Waals surface area contributed by atoms with E-state index < -0.39 is 0 Å². The van der Waals surface area contributed by atoms with Crippen LogP contribution in [0.3, 0.4) is 0 Å². The number of aryl methyl sites for hydroxylation is 2. The van der Waals surface area contributed by atoms with Crippen molar-refractivity contribution in [2.24, 2.45) is 12.0 Å². The van der Waals surface area contributed by atoms with E-state index in [4.69, 9.17) is 4.99 Å². The number of hydrogen-bond acceptors (Lipinski definition) is 4. The zero-order chi connectivity index (χ0) is 22.0. The van der Waals surface area contributed by atoms with Gasteiger partial charge < -0.3 is 4.57 Å². The Bertz CT molecular complexity index is 1450. The SMILES string of the molecule is CCn1c(Br)nc2c1c(=O)n(CC1=C(C)CCc3c(ccc4c3C4)C(C)=N1)c(=O)n2C. The van der Waals surface area contributed by atoms with Crippen LogP contribution >= 0.6 is 15.9 Å². The van der Waals surface area contributed by atoms with Crippen molar-refractivity contribution in [2.75, 3.05) is 0 Å². The van der Waals surface area contributed by atoms with Crippen LogP contribution in [0.5, 0.6) is 0 Å². The fourth-order valence-electron chi connectivity index (χ4n) is 4.59. The summed E-state index contributed by atoms with van der Waals surface area (Å²) >= 11 is 3.40. The summed E-state index contributed by atoms with van der Waals surface area (Å²) in [7, 11) is 1.65. The normalized spacial score (nSPS) is 15.5. The Morgan fingerprint density at radius 3 is 2.61 bits per heavy atom. The molecule has 0 saturated heterocycles. The second kappa shape index (κ2) is 7.15. The Balaban J connectivity index is 1.65. The number of halogens is 1. The van der Waals surface area contributed by atoms with Gasteiger partial charge in [-0.15, -0.1) is 0 Å². The lowest BCUT2D eigenvalue weighted by molar-refractivity contribution is 0.636. The molecule has 0 spiro atoms. The van der Waals surface area contributed by atoms with Gasteiger partial charge in [-0.05, 0) is 83.8 Å². The molecule has 8 heteroatoms. The molecule has 2 aliphatic rings. The molecule has 0 unspecified atom stereocenters. The quantitative estimate of drug-likeness (QED) is 0.421. The minimum Gasteiger partial charge on any atom is -0.313 e. The molecule has 3 heterocycles. The van der Waals surface area contributed by atoms with Gasteiger partial charge in [0.15, 0.2) is 15.9 Å². The van der Waals surface area contributed by atoms with E-state index in [1.165, 1.54) is 31.4 Å². The molecule has 0 saturated carbocycles. The summed E-state index contributed by atoms with van der Waals surface area (Å²) < 4.78 is 5.05. The summed E-state index contributed by atoms with van der Waals surface area (Å²) in [6.45, 7) is 6.74. The number of imidazole rings is 1. The number of nitrogens with zero attached hydrogens (tertiary/aromatic N) is 5. The molecule has 0 bridgehead atoms. The molecule has 1 aliphatic heterocycles. The first-order valence-corrected chi connectivity index (χ1v) is 11.3. The third kappa shape index (κ3) is 3.07. The van der Waals surface area contributed by atoms with E-state index in [1.54, 1.807) is 11.6 Å². The summed E-state index contributed by atoms with van der Waals surface area (Å²) in [5, 5.41) is 0. The Labute approximate surface area is 187 Å². The van der Waals surface area contributed by atoms with Crippen molar-refractivity contribution in [3.8, 4) is 0 Å². The third-order valence-corrected chi connectivity index (χ3v) is 7.12. The van der Waals surface area contributed by atoms with Crippen molar-refractivity contribution in [3.05, 3.63) is 71.2 Å². The third-order valence-electron chi connectivity index (χ3n) is 6.52. The van der Waals surface area contributed by atoms with Crippen molar-refractivity contribution in [1.82, 2.24) is 18.7 Å². The van der Waals surface area contributed by atoms with Crippen molar-refractivity contribution in [2.45, 2.75) is 53.1 Å². The molecule has 160 valence electrons. The van der Waals surface area contributed by atoms with E-state index in [0.717, 1.165) is 36.2 Å². The maximum absolute atomic E-state index is 13.4. The van der Waals surface area contributed by atoms with E-state index in [9.17, 15) is 9.59 Å². The van der Waals surface area contributed by atoms with E-state index >= 15 is 0 Å². The van der Waals surface area contributed by atoms with Gasteiger partial charge in [-0.3, -0.25) is 18.9 Å². The van der Waals surface area contributed by atoms with Gasteiger partial charge >= 0.3 is 5.69 Å². The first-order chi connectivity index (χ1) is 14.8. The van der Waals surface area contributed by atoms with Crippen molar-refractivity contribution < 1.29 is 0 Å². The Kier molecular flexibility index (Phi) is 4.66. The highest BCUT2D eigenvalue weighted by Gasteiger charge is 2.26. The summed E-state index contributed by atoms with van der Waals surface area (Å²) in [6.07, 6.45) is 2.91. The van der Waals surface area contributed by atoms with Gasteiger partial charge in [-0.1, -0.05) is 12.1 Å². The maximum Gasteiger partial charge on any atom is 0.332 e. The minimum absolute atomic E-state index is 0.150. The zero-order valence-corrected chi connectivity index (χ0v) is 19.7. The highest BCUT2D eigenvalue weighted by molar-refractivity contribution is 9.10. The molecule has 5 rings (SSSR count). The second-order valence-corrected chi connectivity index (χ2v) is 9.07. The molecular formula is C23H24BrN5O2. The molecular weight excluding hydrogens is 458 g/mol. The smallest absolute Gasteiger partial charge is 0.313 e. The molecule has 3 aromatic rings. The maximum atomic E-state index is 13.4. The van der Waals surface area contributed by atoms with Crippen molar-refractivity contribution in [3.63, 3.8) is 0 Å². The highest BCUT2D eigenvalue weighted by Crippen LogP contribution is 2.36. The Hall–Kier alpha value is -2.74. The van der Waals surface area contributed by atoms with Gasteiger partial charge in [0.1, 0.15) is 0 Å². The molecule has 0 fully saturated rings. The summed E-state index contributed by atoms with van der Waals surface area (Å²) in [5.41, 5.74) is 8.43. The van der Waals surface area contributed by atoms with Crippen LogP contribution in [-0.2, 0) is 33.0 Å². The highest BCUT2D eigenvalue weighted by atomic mass is 79.9. The number of rotatable bonds is 3. The lowest BCUT2D eigenvalue weighted by Crippen LogP contribution is -2.40. The molecule has 1 aliphatic carbocycles. The molecule has 0 radical (unpaired) electrons. The van der Waals surface area contributed by atoms with E-state index in [-0.39, 0.29) is 17.8 Å². The van der Waals surface area contributed by atoms with Crippen LogP contribution in [0.25, 0.3) is 11.2 Å². The predicted octanol–water partition coefficient (Wildman–Crippen LogP) is 3.31. The number of fused-ring (bicyclic) bond motifs is 4. The van der Waals surface area contributed by atoms with Crippen molar-refractivity contribution in [1.29, 1.82) is 0 Å². The van der Waals surface area contributed by atoms with Gasteiger partial charge in [0.25, 0.3) is 5.56 Å². The minimum atomic E-state index is -0.383. The first kappa shape index (κ1) is 20.2. The van der Waals surface area contributed by atoms with E-state index in [2.05, 4.69) is 40.0 Å². The standard InChI is InChI=1S/C23H24BrN5O2/c1-5-28-19-20(26-22(28)24)27(4)23(31)29(21(19)30)11-18-12(2)6-8-16-15(13(3)25-18)9-7-14-10-17(14)16/h7,9H,5-6,8,10-11H2,1-4H3. The fraction of sp³-hybridized carbons (Fsp3) is 0.391. The zero-order valence-electron chi connectivity index (χ0n) is 18.1. The number of benzene rings is 1. The average molecular weight is 482 g/mol. The predicted molar refractivity (Wildman–Crippen MR) is 125 cm³/mol.